The van der Waals surface area contributed by atoms with Crippen LogP contribution in [0.15, 0.2) is 4.34 Å². The summed E-state index contributed by atoms with van der Waals surface area (Å²) in [5, 5.41) is 3.82. The second-order valence-electron chi connectivity index (χ2n) is 5.32. The molecule has 0 amide bonds. The minimum atomic E-state index is -0.510. The number of aryl methyl sites for hydroxylation is 1. The van der Waals surface area contributed by atoms with Gasteiger partial charge in [0.05, 0.1) is 6.61 Å². The Hall–Kier alpha value is -0.660. The van der Waals surface area contributed by atoms with Crippen LogP contribution >= 0.6 is 23.3 Å². The van der Waals surface area contributed by atoms with Crippen LogP contribution in [0.5, 0.6) is 0 Å². The first-order chi connectivity index (χ1) is 10.1. The van der Waals surface area contributed by atoms with Gasteiger partial charge >= 0.3 is 5.97 Å². The van der Waals surface area contributed by atoms with Crippen LogP contribution in [0.2, 0.25) is 0 Å². The molecule has 7 heteroatoms. The molecule has 1 aromatic rings. The lowest BCUT2D eigenvalue weighted by molar-refractivity contribution is -0.151. The quantitative estimate of drug-likeness (QED) is 0.776. The van der Waals surface area contributed by atoms with Crippen molar-refractivity contribution in [2.45, 2.75) is 61.6 Å². The van der Waals surface area contributed by atoms with E-state index in [2.05, 4.69) is 21.6 Å². The molecule has 0 bridgehead atoms. The Morgan fingerprint density at radius 3 is 3.00 bits per heavy atom. The Labute approximate surface area is 134 Å². The van der Waals surface area contributed by atoms with E-state index in [1.807, 2.05) is 13.8 Å². The molecule has 0 aliphatic heterocycles. The van der Waals surface area contributed by atoms with Crippen molar-refractivity contribution in [3.05, 3.63) is 5.82 Å². The number of carbonyl (C=O) groups is 1. The number of rotatable bonds is 7. The molecule has 1 aliphatic carbocycles. The number of aromatic nitrogens is 2. The highest BCUT2D eigenvalue weighted by atomic mass is 32.2. The van der Waals surface area contributed by atoms with E-state index < -0.39 is 5.54 Å². The molecule has 118 valence electrons. The fourth-order valence-corrected chi connectivity index (χ4v) is 4.81. The summed E-state index contributed by atoms with van der Waals surface area (Å²) in [6, 6.07) is 0. The molecule has 21 heavy (non-hydrogen) atoms. The summed E-state index contributed by atoms with van der Waals surface area (Å²) in [5.41, 5.74) is -0.510. The van der Waals surface area contributed by atoms with Crippen molar-refractivity contribution in [1.29, 1.82) is 0 Å². The Bertz CT molecular complexity index is 481. The van der Waals surface area contributed by atoms with Crippen LogP contribution in [-0.2, 0) is 9.53 Å². The van der Waals surface area contributed by atoms with E-state index in [1.54, 1.807) is 11.8 Å². The van der Waals surface area contributed by atoms with Crippen LogP contribution in [0.4, 0.5) is 0 Å². The number of hydrogen-bond acceptors (Lipinski definition) is 7. The molecule has 2 rings (SSSR count). The topological polar surface area (TPSA) is 64.1 Å². The van der Waals surface area contributed by atoms with Crippen LogP contribution in [0.1, 0.15) is 45.4 Å². The summed E-state index contributed by atoms with van der Waals surface area (Å²) in [6.07, 6.45) is 3.64. The fraction of sp³-hybridized carbons (Fsp3) is 0.786. The first-order valence-electron chi connectivity index (χ1n) is 7.49. The lowest BCUT2D eigenvalue weighted by atomic mass is 9.97. The van der Waals surface area contributed by atoms with Crippen molar-refractivity contribution >= 4 is 29.3 Å². The summed E-state index contributed by atoms with van der Waals surface area (Å²) in [5.74, 6) is 0.719. The van der Waals surface area contributed by atoms with Gasteiger partial charge in [-0.1, -0.05) is 18.7 Å². The predicted octanol–water partition coefficient (Wildman–Crippen LogP) is 2.79. The normalized spacial score (nSPS) is 25.2. The SMILES string of the molecule is CCCNC1(C(=O)OCC)CCC(Sc2nc(C)ns2)C1. The van der Waals surface area contributed by atoms with Crippen molar-refractivity contribution < 1.29 is 9.53 Å². The minimum Gasteiger partial charge on any atom is -0.465 e. The monoisotopic (exact) mass is 329 g/mol. The van der Waals surface area contributed by atoms with E-state index in [4.69, 9.17) is 4.74 Å². The number of carbonyl (C=O) groups excluding carboxylic acids is 1. The second kappa shape index (κ2) is 7.56. The molecule has 2 atom stereocenters. The van der Waals surface area contributed by atoms with Crippen LogP contribution in [0, 0.1) is 6.92 Å². The zero-order valence-corrected chi connectivity index (χ0v) is 14.5. The van der Waals surface area contributed by atoms with Crippen LogP contribution in [0.25, 0.3) is 0 Å². The first-order valence-corrected chi connectivity index (χ1v) is 9.14. The summed E-state index contributed by atoms with van der Waals surface area (Å²) in [7, 11) is 0. The molecule has 0 aromatic carbocycles. The van der Waals surface area contributed by atoms with Crippen LogP contribution < -0.4 is 5.32 Å². The molecular formula is C14H23N3O2S2. The Kier molecular flexibility index (Phi) is 6.01. The molecule has 1 N–H and O–H groups in total. The van der Waals surface area contributed by atoms with Crippen molar-refractivity contribution in [2.24, 2.45) is 0 Å². The predicted molar refractivity (Wildman–Crippen MR) is 85.8 cm³/mol. The van der Waals surface area contributed by atoms with Crippen molar-refractivity contribution in [2.75, 3.05) is 13.2 Å². The lowest BCUT2D eigenvalue weighted by Gasteiger charge is -2.28. The van der Waals surface area contributed by atoms with Gasteiger partial charge in [0.1, 0.15) is 11.4 Å². The van der Waals surface area contributed by atoms with Gasteiger partial charge in [0.25, 0.3) is 0 Å². The first kappa shape index (κ1) is 16.7. The van der Waals surface area contributed by atoms with Crippen molar-refractivity contribution in [1.82, 2.24) is 14.7 Å². The Balaban J connectivity index is 2.01. The third kappa shape index (κ3) is 4.17. The van der Waals surface area contributed by atoms with Crippen molar-refractivity contribution in [3.63, 3.8) is 0 Å². The summed E-state index contributed by atoms with van der Waals surface area (Å²) >= 11 is 3.18. The summed E-state index contributed by atoms with van der Waals surface area (Å²) in [6.45, 7) is 7.14. The van der Waals surface area contributed by atoms with E-state index in [-0.39, 0.29) is 5.97 Å². The molecule has 0 radical (unpaired) electrons. The number of ether oxygens (including phenoxy) is 1. The minimum absolute atomic E-state index is 0.102. The van der Waals surface area contributed by atoms with Crippen molar-refractivity contribution in [3.8, 4) is 0 Å². The molecule has 1 heterocycles. The highest BCUT2D eigenvalue weighted by molar-refractivity contribution is 8.01. The maximum absolute atomic E-state index is 12.4. The number of hydrogen-bond donors (Lipinski definition) is 1. The molecule has 1 aromatic heterocycles. The molecule has 0 spiro atoms. The molecule has 5 nitrogen and oxygen atoms in total. The van der Waals surface area contributed by atoms with Gasteiger partial charge in [-0.2, -0.15) is 4.37 Å². The van der Waals surface area contributed by atoms with E-state index >= 15 is 0 Å². The third-order valence-corrected chi connectivity index (χ3v) is 5.77. The van der Waals surface area contributed by atoms with E-state index in [0.717, 1.165) is 42.4 Å². The number of esters is 1. The van der Waals surface area contributed by atoms with Gasteiger partial charge in [0.15, 0.2) is 4.34 Å². The second-order valence-corrected chi connectivity index (χ2v) is 7.62. The fourth-order valence-electron chi connectivity index (χ4n) is 2.62. The van der Waals surface area contributed by atoms with E-state index in [9.17, 15) is 4.79 Å². The van der Waals surface area contributed by atoms with E-state index in [0.29, 0.717) is 11.9 Å². The number of nitrogens with zero attached hydrogens (tertiary/aromatic N) is 2. The van der Waals surface area contributed by atoms with Crippen LogP contribution in [-0.4, -0.2) is 39.3 Å². The molecule has 0 saturated heterocycles. The molecular weight excluding hydrogens is 306 g/mol. The smallest absolute Gasteiger partial charge is 0.326 e. The third-order valence-electron chi connectivity index (χ3n) is 3.63. The Morgan fingerprint density at radius 2 is 2.38 bits per heavy atom. The lowest BCUT2D eigenvalue weighted by Crippen LogP contribution is -2.51. The maximum atomic E-state index is 12.4. The number of nitrogens with one attached hydrogen (secondary N) is 1. The summed E-state index contributed by atoms with van der Waals surface area (Å²) < 4.78 is 10.5. The molecule has 1 fully saturated rings. The highest BCUT2D eigenvalue weighted by Gasteiger charge is 2.46. The largest absolute Gasteiger partial charge is 0.465 e. The molecule has 1 saturated carbocycles. The van der Waals surface area contributed by atoms with Gasteiger partial charge in [0, 0.05) is 5.25 Å². The summed E-state index contributed by atoms with van der Waals surface area (Å²) in [4.78, 5) is 16.8. The molecule has 2 unspecified atom stereocenters. The zero-order chi connectivity index (χ0) is 15.3. The van der Waals surface area contributed by atoms with E-state index in [1.165, 1.54) is 11.5 Å². The highest BCUT2D eigenvalue weighted by Crippen LogP contribution is 2.41. The van der Waals surface area contributed by atoms with Crippen LogP contribution in [0.3, 0.4) is 0 Å². The maximum Gasteiger partial charge on any atom is 0.326 e. The van der Waals surface area contributed by atoms with Gasteiger partial charge in [-0.05, 0) is 57.6 Å². The Morgan fingerprint density at radius 1 is 1.57 bits per heavy atom. The van der Waals surface area contributed by atoms with Gasteiger partial charge in [-0.3, -0.25) is 4.79 Å². The van der Waals surface area contributed by atoms with Gasteiger partial charge in [-0.15, -0.1) is 0 Å². The van der Waals surface area contributed by atoms with Gasteiger partial charge < -0.3 is 10.1 Å². The number of thioether (sulfide) groups is 1. The zero-order valence-electron chi connectivity index (χ0n) is 12.8. The van der Waals surface area contributed by atoms with Gasteiger partial charge in [-0.25, -0.2) is 4.98 Å². The van der Waals surface area contributed by atoms with Gasteiger partial charge in [0.2, 0.25) is 0 Å². The molecule has 1 aliphatic rings. The standard InChI is InChI=1S/C14H23N3O2S2/c1-4-8-15-14(12(18)19-5-2)7-6-11(9-14)20-13-16-10(3)17-21-13/h11,15H,4-9H2,1-3H3. The average Bonchev–Trinajstić information content (AvgIpc) is 3.05. The average molecular weight is 329 g/mol.